The molecule has 1 aromatic heterocycles. The molecule has 0 unspecified atom stereocenters. The smallest absolute Gasteiger partial charge is 0.139 e. The molecule has 4 aliphatic rings. The fourth-order valence-corrected chi connectivity index (χ4v) is 9.27. The number of nitrogens with zero attached hydrogens (tertiary/aromatic N) is 1. The molecule has 1 saturated heterocycles. The summed E-state index contributed by atoms with van der Waals surface area (Å²) in [6, 6.07) is 12.6. The number of hydrogen-bond acceptors (Lipinski definition) is 4. The average molecular weight is 458 g/mol. The summed E-state index contributed by atoms with van der Waals surface area (Å²) in [7, 11) is 0. The van der Waals surface area contributed by atoms with E-state index in [4.69, 9.17) is 9.72 Å². The fraction of sp³-hybridized carbons (Fsp3) is 0.483. The lowest BCUT2D eigenvalue weighted by Gasteiger charge is -2.50. The minimum absolute atomic E-state index is 0.0141. The summed E-state index contributed by atoms with van der Waals surface area (Å²) in [6.45, 7) is 6.45. The summed E-state index contributed by atoms with van der Waals surface area (Å²) in [6.07, 6.45) is 10.0. The van der Waals surface area contributed by atoms with Gasteiger partial charge in [-0.15, -0.1) is 17.9 Å². The first-order valence-electron chi connectivity index (χ1n) is 12.5. The van der Waals surface area contributed by atoms with Crippen molar-refractivity contribution in [3.05, 3.63) is 70.8 Å². The molecule has 2 aromatic carbocycles. The lowest BCUT2D eigenvalue weighted by molar-refractivity contribution is 0.0119. The minimum atomic E-state index is -0.0141. The van der Waals surface area contributed by atoms with Gasteiger partial charge in [0.2, 0.25) is 0 Å². The van der Waals surface area contributed by atoms with Crippen molar-refractivity contribution in [2.24, 2.45) is 17.3 Å². The summed E-state index contributed by atoms with van der Waals surface area (Å²) in [4.78, 5) is 4.97. The number of fused-ring (bicyclic) bond motifs is 7. The zero-order valence-corrected chi connectivity index (χ0v) is 20.0. The highest BCUT2D eigenvalue weighted by atomic mass is 32.1. The molecule has 170 valence electrons. The SMILES string of the molecule is C=CCc1c(O)ccc2c1CC[C@@H]1[C@@H]2CC[C@@]2(C)[C@H]1CC[C@@]21O[C@@H]1c1nc2ccccc2s1. The Kier molecular flexibility index (Phi) is 4.24. The highest BCUT2D eigenvalue weighted by Gasteiger charge is 2.74. The van der Waals surface area contributed by atoms with Crippen molar-refractivity contribution in [1.29, 1.82) is 0 Å². The molecule has 0 amide bonds. The Labute approximate surface area is 199 Å². The number of aromatic nitrogens is 1. The summed E-state index contributed by atoms with van der Waals surface area (Å²) < 4.78 is 7.94. The van der Waals surface area contributed by atoms with Crippen LogP contribution in [-0.4, -0.2) is 15.7 Å². The monoisotopic (exact) mass is 457 g/mol. The van der Waals surface area contributed by atoms with E-state index in [0.29, 0.717) is 17.6 Å². The molecule has 6 atom stereocenters. The Balaban J connectivity index is 1.21. The van der Waals surface area contributed by atoms with Gasteiger partial charge in [0.1, 0.15) is 22.5 Å². The van der Waals surface area contributed by atoms with Crippen LogP contribution in [0.5, 0.6) is 5.75 Å². The molecule has 3 fully saturated rings. The molecule has 33 heavy (non-hydrogen) atoms. The first kappa shape index (κ1) is 20.2. The third-order valence-corrected chi connectivity index (χ3v) is 10.8. The number of allylic oxidation sites excluding steroid dienone is 1. The molecule has 2 heterocycles. The predicted octanol–water partition coefficient (Wildman–Crippen LogP) is 7.10. The van der Waals surface area contributed by atoms with E-state index in [1.54, 1.807) is 0 Å². The Morgan fingerprint density at radius 2 is 2.06 bits per heavy atom. The van der Waals surface area contributed by atoms with Crippen molar-refractivity contribution >= 4 is 21.6 Å². The van der Waals surface area contributed by atoms with E-state index < -0.39 is 0 Å². The quantitative estimate of drug-likeness (QED) is 0.337. The van der Waals surface area contributed by atoms with Gasteiger partial charge in [-0.3, -0.25) is 0 Å². The zero-order chi connectivity index (χ0) is 22.4. The van der Waals surface area contributed by atoms with Gasteiger partial charge in [-0.1, -0.05) is 31.2 Å². The molecule has 0 radical (unpaired) electrons. The second-order valence-electron chi connectivity index (χ2n) is 10.9. The number of phenols is 1. The molecular weight excluding hydrogens is 426 g/mol. The first-order valence-corrected chi connectivity index (χ1v) is 13.4. The predicted molar refractivity (Wildman–Crippen MR) is 133 cm³/mol. The van der Waals surface area contributed by atoms with Gasteiger partial charge < -0.3 is 9.84 Å². The van der Waals surface area contributed by atoms with Gasteiger partial charge in [-0.2, -0.15) is 0 Å². The molecule has 4 heteroatoms. The maximum absolute atomic E-state index is 10.5. The summed E-state index contributed by atoms with van der Waals surface area (Å²) in [5.41, 5.74) is 5.34. The standard InChI is InChI=1S/C29H31NO2S/c1-3-6-21-18-9-10-20-19(17(18)11-12-24(21)31)13-15-28(2)22(20)14-16-29(28)26(32-29)27-30-23-7-4-5-8-25(23)33-27/h3-5,7-8,11-12,19-20,22,26,31H,1,6,9-10,13-16H2,2H3/t19-,20-,22+,26-,28+,29+/m1/s1. The molecule has 3 nitrogen and oxygen atoms in total. The highest BCUT2D eigenvalue weighted by Crippen LogP contribution is 2.75. The highest BCUT2D eigenvalue weighted by molar-refractivity contribution is 7.18. The van der Waals surface area contributed by atoms with E-state index in [2.05, 4.69) is 43.8 Å². The number of thiazole rings is 1. The van der Waals surface area contributed by atoms with E-state index in [1.807, 2.05) is 23.5 Å². The molecule has 2 saturated carbocycles. The Hall–Kier alpha value is -2.17. The number of benzene rings is 2. The number of hydrogen-bond donors (Lipinski definition) is 1. The van der Waals surface area contributed by atoms with Gasteiger partial charge in [-0.25, -0.2) is 4.98 Å². The van der Waals surface area contributed by atoms with Crippen LogP contribution in [0, 0.1) is 17.3 Å². The van der Waals surface area contributed by atoms with Crippen LogP contribution in [0.25, 0.3) is 10.2 Å². The normalized spacial score (nSPS) is 36.4. The van der Waals surface area contributed by atoms with Crippen LogP contribution in [0.2, 0.25) is 0 Å². The van der Waals surface area contributed by atoms with Crippen LogP contribution >= 0.6 is 11.3 Å². The third kappa shape index (κ3) is 2.62. The average Bonchev–Trinajstić information content (AvgIpc) is 3.29. The Morgan fingerprint density at radius 3 is 2.91 bits per heavy atom. The maximum atomic E-state index is 10.5. The largest absolute Gasteiger partial charge is 0.508 e. The molecular formula is C29H31NO2S. The molecule has 1 spiro atoms. The van der Waals surface area contributed by atoms with Crippen molar-refractivity contribution < 1.29 is 9.84 Å². The van der Waals surface area contributed by atoms with Crippen LogP contribution in [0.4, 0.5) is 0 Å². The van der Waals surface area contributed by atoms with Crippen LogP contribution in [0.15, 0.2) is 49.1 Å². The van der Waals surface area contributed by atoms with Crippen LogP contribution in [0.3, 0.4) is 0 Å². The fourth-order valence-electron chi connectivity index (χ4n) is 8.19. The lowest BCUT2D eigenvalue weighted by Crippen LogP contribution is -2.45. The Bertz CT molecular complexity index is 1250. The number of rotatable bonds is 3. The second kappa shape index (κ2) is 6.93. The number of epoxide rings is 1. The summed E-state index contributed by atoms with van der Waals surface area (Å²) in [5, 5.41) is 11.7. The van der Waals surface area contributed by atoms with Gasteiger partial charge in [0.25, 0.3) is 0 Å². The van der Waals surface area contributed by atoms with E-state index in [9.17, 15) is 5.11 Å². The van der Waals surface area contributed by atoms with Gasteiger partial charge in [-0.05, 0) is 92.0 Å². The van der Waals surface area contributed by atoms with Gasteiger partial charge in [0.05, 0.1) is 10.2 Å². The second-order valence-corrected chi connectivity index (χ2v) is 12.0. The van der Waals surface area contributed by atoms with E-state index in [0.717, 1.165) is 29.8 Å². The van der Waals surface area contributed by atoms with Crippen molar-refractivity contribution in [3.63, 3.8) is 0 Å². The molecule has 3 aliphatic carbocycles. The van der Waals surface area contributed by atoms with Crippen molar-refractivity contribution in [3.8, 4) is 5.75 Å². The summed E-state index contributed by atoms with van der Waals surface area (Å²) >= 11 is 1.82. The number of ether oxygens (including phenoxy) is 1. The minimum Gasteiger partial charge on any atom is -0.508 e. The molecule has 7 rings (SSSR count). The van der Waals surface area contributed by atoms with Crippen molar-refractivity contribution in [2.45, 2.75) is 69.5 Å². The third-order valence-electron chi connectivity index (χ3n) is 9.77. The molecule has 1 N–H and O–H groups in total. The van der Waals surface area contributed by atoms with Gasteiger partial charge >= 0.3 is 0 Å². The number of phenolic OH excluding ortho intramolecular Hbond substituents is 1. The van der Waals surface area contributed by atoms with Gasteiger partial charge in [0, 0.05) is 11.0 Å². The summed E-state index contributed by atoms with van der Waals surface area (Å²) in [5.74, 6) is 2.49. The van der Waals surface area contributed by atoms with E-state index in [-0.39, 0.29) is 17.1 Å². The van der Waals surface area contributed by atoms with Crippen molar-refractivity contribution in [2.75, 3.05) is 0 Å². The zero-order valence-electron chi connectivity index (χ0n) is 19.2. The number of aromatic hydroxyl groups is 1. The first-order chi connectivity index (χ1) is 16.1. The molecule has 3 aromatic rings. The molecule has 0 bridgehead atoms. The lowest BCUT2D eigenvalue weighted by atomic mass is 9.53. The van der Waals surface area contributed by atoms with Crippen LogP contribution in [-0.2, 0) is 17.6 Å². The van der Waals surface area contributed by atoms with Crippen LogP contribution in [0.1, 0.15) is 72.7 Å². The Morgan fingerprint density at radius 1 is 1.18 bits per heavy atom. The maximum Gasteiger partial charge on any atom is 0.139 e. The van der Waals surface area contributed by atoms with E-state index in [1.165, 1.54) is 52.9 Å². The topological polar surface area (TPSA) is 45.6 Å². The van der Waals surface area contributed by atoms with Crippen molar-refractivity contribution in [1.82, 2.24) is 4.98 Å². The molecule has 1 aliphatic heterocycles. The number of para-hydroxylation sites is 1. The van der Waals surface area contributed by atoms with Gasteiger partial charge in [0.15, 0.2) is 0 Å². The van der Waals surface area contributed by atoms with E-state index >= 15 is 0 Å². The van der Waals surface area contributed by atoms with Crippen LogP contribution < -0.4 is 0 Å².